The molecular weight excluding hydrogens is 290 g/mol. The Morgan fingerprint density at radius 1 is 1.48 bits per heavy atom. The van der Waals surface area contributed by atoms with Crippen LogP contribution >= 0.6 is 0 Å². The smallest absolute Gasteiger partial charge is 0.191 e. The van der Waals surface area contributed by atoms with Crippen molar-refractivity contribution in [2.45, 2.75) is 70.6 Å². The monoisotopic (exact) mass is 319 g/mol. The van der Waals surface area contributed by atoms with Crippen molar-refractivity contribution in [3.63, 3.8) is 0 Å². The lowest BCUT2D eigenvalue weighted by Crippen LogP contribution is -2.44. The van der Waals surface area contributed by atoms with E-state index in [1.165, 1.54) is 19.3 Å². The molecule has 1 saturated carbocycles. The molecule has 2 unspecified atom stereocenters. The topological polar surface area (TPSA) is 65.7 Å². The highest BCUT2D eigenvalue weighted by molar-refractivity contribution is 5.79. The van der Waals surface area contributed by atoms with Crippen molar-refractivity contribution in [1.29, 1.82) is 0 Å². The van der Waals surface area contributed by atoms with Crippen LogP contribution in [-0.2, 0) is 6.54 Å². The third-order valence-electron chi connectivity index (χ3n) is 4.80. The van der Waals surface area contributed by atoms with E-state index >= 15 is 0 Å². The summed E-state index contributed by atoms with van der Waals surface area (Å²) in [6.45, 7) is 8.28. The highest BCUT2D eigenvalue weighted by Crippen LogP contribution is 2.33. The maximum atomic E-state index is 5.36. The number of guanidine groups is 1. The van der Waals surface area contributed by atoms with E-state index in [0.29, 0.717) is 24.5 Å². The molecule has 2 N–H and O–H groups in total. The lowest BCUT2D eigenvalue weighted by molar-refractivity contribution is 0.256. The zero-order valence-corrected chi connectivity index (χ0v) is 14.7. The summed E-state index contributed by atoms with van der Waals surface area (Å²) >= 11 is 0. The Balaban J connectivity index is 1.48. The fourth-order valence-electron chi connectivity index (χ4n) is 3.32. The highest BCUT2D eigenvalue weighted by atomic mass is 16.5. The van der Waals surface area contributed by atoms with E-state index in [1.807, 2.05) is 13.1 Å². The molecule has 2 aliphatic rings. The molecule has 0 aromatic carbocycles. The zero-order valence-electron chi connectivity index (χ0n) is 14.7. The molecule has 1 aromatic heterocycles. The Hall–Kier alpha value is -1.56. The van der Waals surface area contributed by atoms with Gasteiger partial charge in [0.1, 0.15) is 0 Å². The Labute approximate surface area is 138 Å². The molecule has 2 fully saturated rings. The second kappa shape index (κ2) is 6.91. The molecule has 128 valence electrons. The molecule has 2 heterocycles. The van der Waals surface area contributed by atoms with Crippen molar-refractivity contribution >= 4 is 5.96 Å². The summed E-state index contributed by atoms with van der Waals surface area (Å²) in [6.07, 6.45) is 3.92. The second-order valence-electron chi connectivity index (χ2n) is 7.15. The number of aromatic nitrogens is 1. The lowest BCUT2D eigenvalue weighted by Gasteiger charge is -2.20. The first kappa shape index (κ1) is 16.3. The van der Waals surface area contributed by atoms with Gasteiger partial charge >= 0.3 is 0 Å². The molecule has 0 spiro atoms. The molecule has 6 heteroatoms. The summed E-state index contributed by atoms with van der Waals surface area (Å²) in [5, 5.41) is 11.0. The summed E-state index contributed by atoms with van der Waals surface area (Å²) < 4.78 is 5.36. The van der Waals surface area contributed by atoms with Crippen molar-refractivity contribution in [3.8, 4) is 0 Å². The fraction of sp³-hybridized carbons (Fsp3) is 0.765. The van der Waals surface area contributed by atoms with Gasteiger partial charge in [-0.05, 0) is 32.1 Å². The van der Waals surface area contributed by atoms with Gasteiger partial charge in [0, 0.05) is 37.8 Å². The first-order chi connectivity index (χ1) is 11.1. The van der Waals surface area contributed by atoms with Gasteiger partial charge in [0.15, 0.2) is 11.7 Å². The van der Waals surface area contributed by atoms with Crippen molar-refractivity contribution in [1.82, 2.24) is 20.7 Å². The van der Waals surface area contributed by atoms with E-state index in [4.69, 9.17) is 4.52 Å². The van der Waals surface area contributed by atoms with Crippen LogP contribution in [0.3, 0.4) is 0 Å². The van der Waals surface area contributed by atoms with E-state index < -0.39 is 0 Å². The number of hydrogen-bond donors (Lipinski definition) is 2. The molecule has 3 rings (SSSR count). The maximum absolute atomic E-state index is 5.36. The minimum Gasteiger partial charge on any atom is -0.359 e. The van der Waals surface area contributed by atoms with Gasteiger partial charge in [0.25, 0.3) is 0 Å². The van der Waals surface area contributed by atoms with Gasteiger partial charge in [-0.2, -0.15) is 0 Å². The van der Waals surface area contributed by atoms with Crippen LogP contribution in [0.25, 0.3) is 0 Å². The molecule has 6 nitrogen and oxygen atoms in total. The van der Waals surface area contributed by atoms with Crippen molar-refractivity contribution in [2.75, 3.05) is 13.6 Å². The average Bonchev–Trinajstić information content (AvgIpc) is 3.13. The Bertz CT molecular complexity index is 549. The molecule has 0 amide bonds. The number of hydrogen-bond acceptors (Lipinski definition) is 4. The molecule has 0 bridgehead atoms. The van der Waals surface area contributed by atoms with Crippen LogP contribution in [0.4, 0.5) is 0 Å². The molecule has 2 atom stereocenters. The Morgan fingerprint density at radius 2 is 2.26 bits per heavy atom. The predicted molar refractivity (Wildman–Crippen MR) is 91.5 cm³/mol. The quantitative estimate of drug-likeness (QED) is 0.642. The number of nitrogens with zero attached hydrogens (tertiary/aromatic N) is 3. The SMILES string of the molecule is CN=C(NCc1cc(C(C)C)no1)NC1CC(C)N(C2CC2)C1. The standard InChI is InChI=1S/C17H29N5O/c1-11(2)16-8-15(23-21-16)9-19-17(18-4)20-13-7-12(3)22(10-13)14-5-6-14/h8,11-14H,5-7,9-10H2,1-4H3,(H2,18,19,20). The predicted octanol–water partition coefficient (Wildman–Crippen LogP) is 2.09. The largest absolute Gasteiger partial charge is 0.359 e. The van der Waals surface area contributed by atoms with E-state index in [1.54, 1.807) is 0 Å². The van der Waals surface area contributed by atoms with Crippen LogP contribution in [0, 0.1) is 0 Å². The van der Waals surface area contributed by atoms with Crippen LogP contribution in [0.5, 0.6) is 0 Å². The summed E-state index contributed by atoms with van der Waals surface area (Å²) in [5.41, 5.74) is 0.995. The van der Waals surface area contributed by atoms with Gasteiger partial charge in [-0.1, -0.05) is 19.0 Å². The number of rotatable bonds is 5. The van der Waals surface area contributed by atoms with Gasteiger partial charge in [0.2, 0.25) is 0 Å². The summed E-state index contributed by atoms with van der Waals surface area (Å²) in [6, 6.07) is 3.98. The molecule has 1 saturated heterocycles. The average molecular weight is 319 g/mol. The van der Waals surface area contributed by atoms with Crippen molar-refractivity contribution in [2.24, 2.45) is 4.99 Å². The van der Waals surface area contributed by atoms with Gasteiger partial charge in [-0.3, -0.25) is 9.89 Å². The maximum Gasteiger partial charge on any atom is 0.191 e. The first-order valence-electron chi connectivity index (χ1n) is 8.75. The lowest BCUT2D eigenvalue weighted by atomic mass is 10.1. The van der Waals surface area contributed by atoms with Gasteiger partial charge < -0.3 is 15.2 Å². The van der Waals surface area contributed by atoms with Crippen LogP contribution in [-0.4, -0.2) is 47.7 Å². The van der Waals surface area contributed by atoms with Crippen LogP contribution in [0.15, 0.2) is 15.6 Å². The second-order valence-corrected chi connectivity index (χ2v) is 7.15. The van der Waals surface area contributed by atoms with Gasteiger partial charge in [0.05, 0.1) is 12.2 Å². The number of nitrogens with one attached hydrogen (secondary N) is 2. The van der Waals surface area contributed by atoms with Crippen LogP contribution in [0.2, 0.25) is 0 Å². The van der Waals surface area contributed by atoms with Gasteiger partial charge in [-0.25, -0.2) is 0 Å². The summed E-state index contributed by atoms with van der Waals surface area (Å²) in [5.74, 6) is 2.07. The normalized spacial score (nSPS) is 26.0. The number of likely N-dealkylation sites (tertiary alicyclic amines) is 1. The van der Waals surface area contributed by atoms with E-state index in [9.17, 15) is 0 Å². The summed E-state index contributed by atoms with van der Waals surface area (Å²) in [7, 11) is 1.81. The Morgan fingerprint density at radius 3 is 2.87 bits per heavy atom. The zero-order chi connectivity index (χ0) is 16.4. The van der Waals surface area contributed by atoms with Gasteiger partial charge in [-0.15, -0.1) is 0 Å². The van der Waals surface area contributed by atoms with Crippen molar-refractivity contribution < 1.29 is 4.52 Å². The minimum absolute atomic E-state index is 0.387. The Kier molecular flexibility index (Phi) is 4.90. The third kappa shape index (κ3) is 4.05. The highest BCUT2D eigenvalue weighted by Gasteiger charge is 2.38. The number of aliphatic imine (C=N–C) groups is 1. The van der Waals surface area contributed by atoms with Crippen LogP contribution in [0.1, 0.15) is 57.4 Å². The van der Waals surface area contributed by atoms with E-state index in [2.05, 4.69) is 46.5 Å². The summed E-state index contributed by atoms with van der Waals surface area (Å²) in [4.78, 5) is 6.97. The third-order valence-corrected chi connectivity index (χ3v) is 4.80. The fourth-order valence-corrected chi connectivity index (χ4v) is 3.32. The van der Waals surface area contributed by atoms with E-state index in [-0.39, 0.29) is 0 Å². The molecule has 0 radical (unpaired) electrons. The molecule has 23 heavy (non-hydrogen) atoms. The minimum atomic E-state index is 0.387. The molecule has 1 aromatic rings. The molecular formula is C17H29N5O. The van der Waals surface area contributed by atoms with Crippen LogP contribution < -0.4 is 10.6 Å². The molecule has 1 aliphatic heterocycles. The first-order valence-corrected chi connectivity index (χ1v) is 8.75. The van der Waals surface area contributed by atoms with Crippen molar-refractivity contribution in [3.05, 3.63) is 17.5 Å². The molecule has 1 aliphatic carbocycles. The van der Waals surface area contributed by atoms with E-state index in [0.717, 1.165) is 30.0 Å².